The molecule has 108 valence electrons. The summed E-state index contributed by atoms with van der Waals surface area (Å²) in [5, 5.41) is 3.97. The number of nitrogens with two attached hydrogens (primary N) is 1. The number of nitrogens with zero attached hydrogens (tertiary/aromatic N) is 3. The lowest BCUT2D eigenvalue weighted by atomic mass is 10.0. The van der Waals surface area contributed by atoms with Crippen molar-refractivity contribution in [3.63, 3.8) is 0 Å². The van der Waals surface area contributed by atoms with Crippen LogP contribution in [-0.2, 0) is 12.8 Å². The molecule has 0 saturated carbocycles. The van der Waals surface area contributed by atoms with Crippen molar-refractivity contribution in [2.75, 3.05) is 7.11 Å². The topological polar surface area (TPSA) is 87.1 Å². The largest absolute Gasteiger partial charge is 0.481 e. The van der Waals surface area contributed by atoms with Gasteiger partial charge in [0.15, 0.2) is 5.82 Å². The number of rotatable bonds is 6. The van der Waals surface area contributed by atoms with Crippen molar-refractivity contribution in [2.45, 2.75) is 32.7 Å². The van der Waals surface area contributed by atoms with E-state index in [1.165, 1.54) is 0 Å². The first-order valence-electron chi connectivity index (χ1n) is 6.64. The van der Waals surface area contributed by atoms with Crippen LogP contribution >= 0.6 is 0 Å². The minimum atomic E-state index is 0.0333. The Balaban J connectivity index is 1.98. The molecule has 2 rings (SSSR count). The van der Waals surface area contributed by atoms with E-state index in [9.17, 15) is 0 Å². The van der Waals surface area contributed by atoms with Crippen molar-refractivity contribution in [3.8, 4) is 5.88 Å². The van der Waals surface area contributed by atoms with E-state index in [0.29, 0.717) is 36.4 Å². The van der Waals surface area contributed by atoms with Gasteiger partial charge in [0.25, 0.3) is 0 Å². The number of pyridine rings is 1. The summed E-state index contributed by atoms with van der Waals surface area (Å²) in [4.78, 5) is 8.50. The van der Waals surface area contributed by atoms with Crippen LogP contribution in [0.1, 0.15) is 31.1 Å². The third kappa shape index (κ3) is 3.77. The van der Waals surface area contributed by atoms with E-state index in [4.69, 9.17) is 15.0 Å². The van der Waals surface area contributed by atoms with Crippen LogP contribution in [-0.4, -0.2) is 28.3 Å². The maximum atomic E-state index is 5.99. The van der Waals surface area contributed by atoms with Crippen LogP contribution in [0.15, 0.2) is 22.9 Å². The van der Waals surface area contributed by atoms with Crippen molar-refractivity contribution in [3.05, 3.63) is 35.6 Å². The fraction of sp³-hybridized carbons (Fsp3) is 0.500. The molecule has 0 fully saturated rings. The van der Waals surface area contributed by atoms with Crippen LogP contribution in [0.3, 0.4) is 0 Å². The summed E-state index contributed by atoms with van der Waals surface area (Å²) in [5.74, 6) is 2.20. The Morgan fingerprint density at radius 1 is 1.35 bits per heavy atom. The van der Waals surface area contributed by atoms with E-state index >= 15 is 0 Å². The number of aromatic nitrogens is 3. The summed E-state index contributed by atoms with van der Waals surface area (Å²) >= 11 is 0. The third-order valence-electron chi connectivity index (χ3n) is 3.15. The molecule has 20 heavy (non-hydrogen) atoms. The molecule has 0 saturated heterocycles. The molecular weight excluding hydrogens is 256 g/mol. The Hall–Kier alpha value is -1.95. The predicted octanol–water partition coefficient (Wildman–Crippen LogP) is 1.59. The van der Waals surface area contributed by atoms with Gasteiger partial charge in [0.05, 0.1) is 7.11 Å². The van der Waals surface area contributed by atoms with Crippen LogP contribution in [0.5, 0.6) is 5.88 Å². The molecule has 2 aromatic heterocycles. The average Bonchev–Trinajstić information content (AvgIpc) is 2.86. The van der Waals surface area contributed by atoms with Gasteiger partial charge in [-0.05, 0) is 11.5 Å². The highest BCUT2D eigenvalue weighted by Gasteiger charge is 2.14. The fourth-order valence-electron chi connectivity index (χ4n) is 1.70. The van der Waals surface area contributed by atoms with Crippen molar-refractivity contribution in [2.24, 2.45) is 11.7 Å². The van der Waals surface area contributed by atoms with E-state index in [0.717, 1.165) is 5.56 Å². The number of hydrogen-bond acceptors (Lipinski definition) is 6. The Kier molecular flexibility index (Phi) is 4.68. The molecule has 0 aliphatic carbocycles. The summed E-state index contributed by atoms with van der Waals surface area (Å²) in [6.45, 7) is 4.15. The van der Waals surface area contributed by atoms with Gasteiger partial charge in [-0.25, -0.2) is 4.98 Å². The second-order valence-electron chi connectivity index (χ2n) is 5.10. The van der Waals surface area contributed by atoms with Crippen LogP contribution < -0.4 is 10.5 Å². The zero-order chi connectivity index (χ0) is 14.5. The highest BCUT2D eigenvalue weighted by atomic mass is 16.5. The summed E-state index contributed by atoms with van der Waals surface area (Å²) in [5.41, 5.74) is 7.00. The Morgan fingerprint density at radius 3 is 2.75 bits per heavy atom. The standard InChI is InChI=1S/C14H20N4O2/c1-9(2)11(15)7-14-17-12(18-20-14)6-10-4-5-13(19-3)16-8-10/h4-5,8-9,11H,6-7,15H2,1-3H3. The molecule has 0 aromatic carbocycles. The smallest absolute Gasteiger partial charge is 0.228 e. The lowest BCUT2D eigenvalue weighted by Gasteiger charge is -2.11. The molecule has 0 aliphatic heterocycles. The van der Waals surface area contributed by atoms with Gasteiger partial charge in [-0.3, -0.25) is 0 Å². The third-order valence-corrected chi connectivity index (χ3v) is 3.15. The minimum absolute atomic E-state index is 0.0333. The summed E-state index contributed by atoms with van der Waals surface area (Å²) in [6.07, 6.45) is 2.93. The predicted molar refractivity (Wildman–Crippen MR) is 74.4 cm³/mol. The number of hydrogen-bond donors (Lipinski definition) is 1. The Labute approximate surface area is 118 Å². The Morgan fingerprint density at radius 2 is 2.15 bits per heavy atom. The molecule has 0 bridgehead atoms. The zero-order valence-electron chi connectivity index (χ0n) is 12.0. The first kappa shape index (κ1) is 14.5. The van der Waals surface area contributed by atoms with E-state index in [1.54, 1.807) is 13.3 Å². The monoisotopic (exact) mass is 276 g/mol. The van der Waals surface area contributed by atoms with Crippen molar-refractivity contribution < 1.29 is 9.26 Å². The molecule has 1 atom stereocenters. The number of ether oxygens (including phenoxy) is 1. The van der Waals surface area contributed by atoms with Gasteiger partial charge in [-0.1, -0.05) is 25.1 Å². The van der Waals surface area contributed by atoms with E-state index in [2.05, 4.69) is 29.0 Å². The summed E-state index contributed by atoms with van der Waals surface area (Å²) in [6, 6.07) is 3.78. The van der Waals surface area contributed by atoms with Gasteiger partial charge in [-0.2, -0.15) is 4.98 Å². The van der Waals surface area contributed by atoms with Crippen LogP contribution in [0.4, 0.5) is 0 Å². The molecule has 0 spiro atoms. The highest BCUT2D eigenvalue weighted by Crippen LogP contribution is 2.11. The molecule has 2 aromatic rings. The zero-order valence-corrected chi connectivity index (χ0v) is 12.0. The molecular formula is C14H20N4O2. The van der Waals surface area contributed by atoms with E-state index in [1.807, 2.05) is 12.1 Å². The van der Waals surface area contributed by atoms with Gasteiger partial charge in [-0.15, -0.1) is 0 Å². The molecule has 0 amide bonds. The number of methoxy groups -OCH3 is 1. The molecule has 6 heteroatoms. The molecule has 2 N–H and O–H groups in total. The molecule has 2 heterocycles. The molecule has 0 aliphatic rings. The lowest BCUT2D eigenvalue weighted by molar-refractivity contribution is 0.350. The van der Waals surface area contributed by atoms with Crippen molar-refractivity contribution in [1.29, 1.82) is 0 Å². The SMILES string of the molecule is COc1ccc(Cc2noc(CC(N)C(C)C)n2)cn1. The first-order valence-corrected chi connectivity index (χ1v) is 6.64. The summed E-state index contributed by atoms with van der Waals surface area (Å²) < 4.78 is 10.2. The second-order valence-corrected chi connectivity index (χ2v) is 5.10. The second kappa shape index (κ2) is 6.47. The van der Waals surface area contributed by atoms with Crippen molar-refractivity contribution in [1.82, 2.24) is 15.1 Å². The minimum Gasteiger partial charge on any atom is -0.481 e. The van der Waals surface area contributed by atoms with Crippen LogP contribution in [0.25, 0.3) is 0 Å². The van der Waals surface area contributed by atoms with Crippen LogP contribution in [0.2, 0.25) is 0 Å². The van der Waals surface area contributed by atoms with E-state index in [-0.39, 0.29) is 6.04 Å². The lowest BCUT2D eigenvalue weighted by Crippen LogP contribution is -2.28. The van der Waals surface area contributed by atoms with Gasteiger partial charge in [0, 0.05) is 31.1 Å². The summed E-state index contributed by atoms with van der Waals surface area (Å²) in [7, 11) is 1.59. The van der Waals surface area contributed by atoms with Crippen molar-refractivity contribution >= 4 is 0 Å². The molecule has 0 radical (unpaired) electrons. The fourth-order valence-corrected chi connectivity index (χ4v) is 1.70. The maximum Gasteiger partial charge on any atom is 0.228 e. The molecule has 6 nitrogen and oxygen atoms in total. The van der Waals surface area contributed by atoms with Gasteiger partial charge in [0.1, 0.15) is 0 Å². The van der Waals surface area contributed by atoms with Gasteiger partial charge in [0.2, 0.25) is 11.8 Å². The van der Waals surface area contributed by atoms with Gasteiger partial charge < -0.3 is 15.0 Å². The molecule has 1 unspecified atom stereocenters. The highest BCUT2D eigenvalue weighted by molar-refractivity contribution is 5.20. The maximum absolute atomic E-state index is 5.99. The van der Waals surface area contributed by atoms with Gasteiger partial charge >= 0.3 is 0 Å². The Bertz CT molecular complexity index is 536. The average molecular weight is 276 g/mol. The van der Waals surface area contributed by atoms with Crippen LogP contribution in [0, 0.1) is 5.92 Å². The van der Waals surface area contributed by atoms with E-state index < -0.39 is 0 Å². The quantitative estimate of drug-likeness (QED) is 0.862. The normalized spacial score (nSPS) is 12.7. The first-order chi connectivity index (χ1) is 9.58.